The molecule has 3 rings (SSSR count). The molecule has 0 aliphatic heterocycles. The fourth-order valence-corrected chi connectivity index (χ4v) is 2.70. The van der Waals surface area contributed by atoms with Crippen LogP contribution in [0.1, 0.15) is 5.56 Å². The first-order chi connectivity index (χ1) is 9.18. The van der Waals surface area contributed by atoms with Crippen LogP contribution >= 0.6 is 15.9 Å². The van der Waals surface area contributed by atoms with Gasteiger partial charge >= 0.3 is 0 Å². The predicted molar refractivity (Wildman–Crippen MR) is 79.6 cm³/mol. The third kappa shape index (κ3) is 2.04. The fraction of sp³-hybridized carbons (Fsp3) is 0.0625. The molecule has 3 aromatic rings. The maximum absolute atomic E-state index is 13.9. The van der Waals surface area contributed by atoms with E-state index in [1.807, 2.05) is 37.3 Å². The summed E-state index contributed by atoms with van der Waals surface area (Å²) in [5.41, 5.74) is 3.11. The summed E-state index contributed by atoms with van der Waals surface area (Å²) in [5.74, 6) is -0.259. The molecule has 3 heteroatoms. The van der Waals surface area contributed by atoms with Gasteiger partial charge in [0.1, 0.15) is 5.82 Å². The van der Waals surface area contributed by atoms with E-state index in [-0.39, 0.29) is 5.82 Å². The number of hydrogen-bond donors (Lipinski definition) is 0. The topological polar surface area (TPSA) is 12.9 Å². The minimum absolute atomic E-state index is 0.259. The summed E-state index contributed by atoms with van der Waals surface area (Å²) in [6.07, 6.45) is 0. The molecule has 0 spiro atoms. The van der Waals surface area contributed by atoms with Crippen molar-refractivity contribution in [3.8, 4) is 11.3 Å². The van der Waals surface area contributed by atoms with E-state index in [1.165, 1.54) is 6.07 Å². The Morgan fingerprint density at radius 3 is 2.47 bits per heavy atom. The Hall–Kier alpha value is -1.74. The van der Waals surface area contributed by atoms with Crippen LogP contribution < -0.4 is 0 Å². The molecule has 0 atom stereocenters. The van der Waals surface area contributed by atoms with Gasteiger partial charge in [0, 0.05) is 15.4 Å². The first-order valence-corrected chi connectivity index (χ1v) is 6.77. The molecule has 0 fully saturated rings. The normalized spacial score (nSPS) is 10.9. The second-order valence-electron chi connectivity index (χ2n) is 4.40. The Morgan fingerprint density at radius 2 is 1.68 bits per heavy atom. The molecule has 0 saturated carbocycles. The number of fused-ring (bicyclic) bond motifs is 1. The zero-order valence-corrected chi connectivity index (χ0v) is 11.9. The van der Waals surface area contributed by atoms with Gasteiger partial charge in [-0.2, -0.15) is 0 Å². The van der Waals surface area contributed by atoms with E-state index >= 15 is 0 Å². The van der Waals surface area contributed by atoms with Crippen molar-refractivity contribution in [3.63, 3.8) is 0 Å². The second kappa shape index (κ2) is 4.74. The van der Waals surface area contributed by atoms with Crippen molar-refractivity contribution in [1.29, 1.82) is 0 Å². The molecule has 0 aliphatic carbocycles. The molecule has 19 heavy (non-hydrogen) atoms. The van der Waals surface area contributed by atoms with Gasteiger partial charge in [0.05, 0.1) is 11.2 Å². The number of benzene rings is 2. The molecule has 2 aromatic carbocycles. The summed E-state index contributed by atoms with van der Waals surface area (Å²) < 4.78 is 14.8. The Morgan fingerprint density at radius 1 is 1.00 bits per heavy atom. The highest BCUT2D eigenvalue weighted by atomic mass is 79.9. The predicted octanol–water partition coefficient (Wildman–Crippen LogP) is 5.11. The Bertz CT molecular complexity index is 768. The van der Waals surface area contributed by atoms with Crippen molar-refractivity contribution in [2.45, 2.75) is 6.92 Å². The highest BCUT2D eigenvalue weighted by molar-refractivity contribution is 9.10. The number of pyridine rings is 1. The summed E-state index contributed by atoms with van der Waals surface area (Å²) in [6, 6.07) is 14.6. The first kappa shape index (κ1) is 12.3. The smallest absolute Gasteiger partial charge is 0.132 e. The quantitative estimate of drug-likeness (QED) is 0.608. The van der Waals surface area contributed by atoms with E-state index in [9.17, 15) is 4.39 Å². The molecule has 0 N–H and O–H groups in total. The number of halogens is 2. The third-order valence-electron chi connectivity index (χ3n) is 3.21. The van der Waals surface area contributed by atoms with Crippen LogP contribution in [0.3, 0.4) is 0 Å². The molecule has 0 aliphatic rings. The monoisotopic (exact) mass is 315 g/mol. The number of aryl methyl sites for hydroxylation is 1. The molecule has 1 aromatic heterocycles. The molecule has 1 heterocycles. The van der Waals surface area contributed by atoms with E-state index in [4.69, 9.17) is 0 Å². The van der Waals surface area contributed by atoms with Crippen LogP contribution in [0.4, 0.5) is 4.39 Å². The van der Waals surface area contributed by atoms with E-state index in [2.05, 4.69) is 20.9 Å². The zero-order valence-electron chi connectivity index (χ0n) is 10.3. The molecular formula is C16H11BrFN. The van der Waals surface area contributed by atoms with Gasteiger partial charge in [-0.25, -0.2) is 9.37 Å². The lowest BCUT2D eigenvalue weighted by molar-refractivity contribution is 0.630. The average Bonchev–Trinajstić information content (AvgIpc) is 2.44. The number of rotatable bonds is 1. The standard InChI is InChI=1S/C16H11BrFN/c1-10-11-6-3-5-9-14(11)19-16(15(10)17)12-7-2-4-8-13(12)18/h2-9H,1H3. The Kier molecular flexibility index (Phi) is 3.07. The van der Waals surface area contributed by atoms with Crippen molar-refractivity contribution in [2.24, 2.45) is 0 Å². The third-order valence-corrected chi connectivity index (χ3v) is 4.18. The van der Waals surface area contributed by atoms with E-state index in [0.717, 1.165) is 20.9 Å². The first-order valence-electron chi connectivity index (χ1n) is 5.98. The molecule has 0 bridgehead atoms. The second-order valence-corrected chi connectivity index (χ2v) is 5.19. The van der Waals surface area contributed by atoms with Crippen LogP contribution in [0.15, 0.2) is 53.0 Å². The van der Waals surface area contributed by atoms with Crippen LogP contribution in [0, 0.1) is 12.7 Å². The van der Waals surface area contributed by atoms with Crippen LogP contribution in [-0.2, 0) is 0 Å². The number of para-hydroxylation sites is 1. The van der Waals surface area contributed by atoms with Crippen LogP contribution in [-0.4, -0.2) is 4.98 Å². The van der Waals surface area contributed by atoms with Gasteiger partial charge in [-0.3, -0.25) is 0 Å². The number of hydrogen-bond acceptors (Lipinski definition) is 1. The van der Waals surface area contributed by atoms with Gasteiger partial charge in [-0.1, -0.05) is 30.3 Å². The molecular weight excluding hydrogens is 305 g/mol. The molecule has 0 saturated heterocycles. The van der Waals surface area contributed by atoms with Crippen molar-refractivity contribution in [3.05, 3.63) is 64.4 Å². The van der Waals surface area contributed by atoms with Gasteiger partial charge in [0.15, 0.2) is 0 Å². The number of aromatic nitrogens is 1. The summed E-state index contributed by atoms with van der Waals surface area (Å²) in [5, 5.41) is 1.08. The van der Waals surface area contributed by atoms with Gasteiger partial charge in [0.25, 0.3) is 0 Å². The van der Waals surface area contributed by atoms with Crippen LogP contribution in [0.2, 0.25) is 0 Å². The summed E-state index contributed by atoms with van der Waals surface area (Å²) in [7, 11) is 0. The molecule has 0 unspecified atom stereocenters. The molecule has 0 amide bonds. The SMILES string of the molecule is Cc1c(Br)c(-c2ccccc2F)nc2ccccc12. The fourth-order valence-electron chi connectivity index (χ4n) is 2.19. The van der Waals surface area contributed by atoms with Crippen LogP contribution in [0.25, 0.3) is 22.2 Å². The van der Waals surface area contributed by atoms with Gasteiger partial charge in [0.2, 0.25) is 0 Å². The summed E-state index contributed by atoms with van der Waals surface area (Å²) in [6.45, 7) is 2.01. The van der Waals surface area contributed by atoms with Gasteiger partial charge in [-0.15, -0.1) is 0 Å². The highest BCUT2D eigenvalue weighted by Gasteiger charge is 2.14. The zero-order chi connectivity index (χ0) is 13.4. The summed E-state index contributed by atoms with van der Waals surface area (Å²) in [4.78, 5) is 4.58. The lowest BCUT2D eigenvalue weighted by Crippen LogP contribution is -1.93. The minimum atomic E-state index is -0.259. The number of nitrogens with zero attached hydrogens (tertiary/aromatic N) is 1. The van der Waals surface area contributed by atoms with Crippen molar-refractivity contribution < 1.29 is 4.39 Å². The summed E-state index contributed by atoms with van der Waals surface area (Å²) >= 11 is 3.54. The van der Waals surface area contributed by atoms with Crippen molar-refractivity contribution in [2.75, 3.05) is 0 Å². The van der Waals surface area contributed by atoms with E-state index < -0.39 is 0 Å². The van der Waals surface area contributed by atoms with E-state index in [0.29, 0.717) is 11.3 Å². The molecule has 1 nitrogen and oxygen atoms in total. The molecule has 94 valence electrons. The minimum Gasteiger partial charge on any atom is -0.246 e. The molecule has 0 radical (unpaired) electrons. The maximum Gasteiger partial charge on any atom is 0.132 e. The van der Waals surface area contributed by atoms with Crippen LogP contribution in [0.5, 0.6) is 0 Å². The highest BCUT2D eigenvalue weighted by Crippen LogP contribution is 2.34. The lowest BCUT2D eigenvalue weighted by atomic mass is 10.0. The van der Waals surface area contributed by atoms with Crippen molar-refractivity contribution in [1.82, 2.24) is 4.98 Å². The largest absolute Gasteiger partial charge is 0.246 e. The maximum atomic E-state index is 13.9. The van der Waals surface area contributed by atoms with Gasteiger partial charge < -0.3 is 0 Å². The van der Waals surface area contributed by atoms with Crippen molar-refractivity contribution >= 4 is 26.8 Å². The Balaban J connectivity index is 2.37. The van der Waals surface area contributed by atoms with Gasteiger partial charge in [-0.05, 0) is 46.6 Å². The lowest BCUT2D eigenvalue weighted by Gasteiger charge is -2.11. The Labute approximate surface area is 119 Å². The van der Waals surface area contributed by atoms with E-state index in [1.54, 1.807) is 12.1 Å². The average molecular weight is 316 g/mol.